The number of esters is 2. The fraction of sp³-hybridized carbons (Fsp3) is 0.739. The van der Waals surface area contributed by atoms with E-state index in [0.717, 1.165) is 70.6 Å². The average Bonchev–Trinajstić information content (AvgIpc) is 3.20. The van der Waals surface area contributed by atoms with Crippen molar-refractivity contribution in [2.45, 2.75) is 193 Å². The fourth-order valence-electron chi connectivity index (χ4n) is 5.68. The van der Waals surface area contributed by atoms with Gasteiger partial charge >= 0.3 is 19.8 Å². The number of carbonyl (C=O) groups is 2. The van der Waals surface area contributed by atoms with Crippen molar-refractivity contribution in [1.29, 1.82) is 0 Å². The number of ether oxygens (including phenoxy) is 2. The Morgan fingerprint density at radius 1 is 0.526 bits per heavy atom. The molecule has 0 aromatic carbocycles. The summed E-state index contributed by atoms with van der Waals surface area (Å²) < 4.78 is 32.7. The number of unbranched alkanes of at least 4 members (excludes halogenated alkanes) is 17. The molecule has 0 aromatic heterocycles. The molecule has 57 heavy (non-hydrogen) atoms. The topological polar surface area (TPSA) is 149 Å². The highest BCUT2D eigenvalue weighted by molar-refractivity contribution is 7.47. The lowest BCUT2D eigenvalue weighted by atomic mass is 10.1. The summed E-state index contributed by atoms with van der Waals surface area (Å²) in [6.45, 7) is 2.26. The van der Waals surface area contributed by atoms with Crippen molar-refractivity contribution >= 4 is 19.8 Å². The SMILES string of the molecule is CCC/C=C/C/C=C/C/C=C/C/C=C/CCCCCC(=O)O[C@H](COC(=O)CCCCCCCCC/C=C/CCCCCCCC)COP(=O)(O)OC[C@@H](O)CO. The fourth-order valence-corrected chi connectivity index (χ4v) is 6.47. The van der Waals surface area contributed by atoms with Crippen LogP contribution in [0.1, 0.15) is 181 Å². The normalized spacial score (nSPS) is 14.4. The van der Waals surface area contributed by atoms with Gasteiger partial charge in [-0.2, -0.15) is 0 Å². The van der Waals surface area contributed by atoms with Gasteiger partial charge < -0.3 is 24.6 Å². The summed E-state index contributed by atoms with van der Waals surface area (Å²) >= 11 is 0. The van der Waals surface area contributed by atoms with Crippen molar-refractivity contribution < 1.29 is 47.8 Å². The van der Waals surface area contributed by atoms with Crippen LogP contribution < -0.4 is 0 Å². The second kappa shape index (κ2) is 41.8. The van der Waals surface area contributed by atoms with E-state index >= 15 is 0 Å². The second-order valence-electron chi connectivity index (χ2n) is 14.7. The van der Waals surface area contributed by atoms with Crippen molar-refractivity contribution in [3.8, 4) is 0 Å². The maximum atomic E-state index is 12.6. The van der Waals surface area contributed by atoms with Gasteiger partial charge in [0, 0.05) is 12.8 Å². The Hall–Kier alpha value is -2.33. The molecule has 0 saturated carbocycles. The van der Waals surface area contributed by atoms with E-state index in [2.05, 4.69) is 79.1 Å². The highest BCUT2D eigenvalue weighted by atomic mass is 31.2. The monoisotopic (exact) mass is 825 g/mol. The van der Waals surface area contributed by atoms with E-state index < -0.39 is 51.8 Å². The standard InChI is InChI=1S/C46H81O10P/c1-3-5-7-9-11-13-15-17-19-21-23-25-27-29-31-33-35-37-45(49)53-41-44(42-55-57(51,52)54-40-43(48)39-47)56-46(50)38-36-34-32-30-28-26-24-22-20-18-16-14-12-10-8-6-4-2/h8,10,14,16-17,19-20,22,26,28,43-44,47-48H,3-7,9,11-13,15,18,21,23-25,27,29-42H2,1-2H3,(H,51,52)/b10-8+,16-14+,19-17+,22-20+,28-26+/t43-,44+/m0/s1. The van der Waals surface area contributed by atoms with E-state index in [9.17, 15) is 24.2 Å². The molecule has 0 bridgehead atoms. The average molecular weight is 825 g/mol. The minimum Gasteiger partial charge on any atom is -0.462 e. The second-order valence-corrected chi connectivity index (χ2v) is 16.2. The van der Waals surface area contributed by atoms with E-state index in [1.54, 1.807) is 0 Å². The molecular weight excluding hydrogens is 743 g/mol. The molecule has 0 fully saturated rings. The van der Waals surface area contributed by atoms with Crippen LogP contribution in [0.25, 0.3) is 0 Å². The molecule has 3 N–H and O–H groups in total. The van der Waals surface area contributed by atoms with E-state index in [-0.39, 0.29) is 19.4 Å². The third-order valence-corrected chi connectivity index (χ3v) is 10.1. The molecule has 10 nitrogen and oxygen atoms in total. The van der Waals surface area contributed by atoms with Gasteiger partial charge in [0.15, 0.2) is 6.10 Å². The minimum absolute atomic E-state index is 0.144. The van der Waals surface area contributed by atoms with Crippen LogP contribution in [0.2, 0.25) is 0 Å². The Balaban J connectivity index is 4.35. The van der Waals surface area contributed by atoms with E-state index in [0.29, 0.717) is 12.8 Å². The first kappa shape index (κ1) is 54.7. The number of phosphoric acid groups is 1. The van der Waals surface area contributed by atoms with Crippen LogP contribution in [0.15, 0.2) is 60.8 Å². The van der Waals surface area contributed by atoms with Crippen molar-refractivity contribution in [1.82, 2.24) is 0 Å². The molecular formula is C46H81O10P. The van der Waals surface area contributed by atoms with Crippen LogP contribution in [0.4, 0.5) is 0 Å². The first-order valence-corrected chi connectivity index (χ1v) is 23.7. The summed E-state index contributed by atoms with van der Waals surface area (Å²) in [6, 6.07) is 0. The largest absolute Gasteiger partial charge is 0.472 e. The highest BCUT2D eigenvalue weighted by Crippen LogP contribution is 2.43. The molecule has 0 aromatic rings. The van der Waals surface area contributed by atoms with Crippen molar-refractivity contribution in [2.24, 2.45) is 0 Å². The summed E-state index contributed by atoms with van der Waals surface area (Å²) in [7, 11) is -4.63. The molecule has 0 amide bonds. The molecule has 0 aliphatic carbocycles. The molecule has 3 atom stereocenters. The maximum Gasteiger partial charge on any atom is 0.472 e. The highest BCUT2D eigenvalue weighted by Gasteiger charge is 2.27. The number of allylic oxidation sites excluding steroid dienone is 10. The van der Waals surface area contributed by atoms with Gasteiger partial charge in [0.05, 0.1) is 19.8 Å². The van der Waals surface area contributed by atoms with Crippen molar-refractivity contribution in [3.63, 3.8) is 0 Å². The Morgan fingerprint density at radius 2 is 0.947 bits per heavy atom. The predicted octanol–water partition coefficient (Wildman–Crippen LogP) is 11.9. The number of phosphoric ester groups is 1. The zero-order chi connectivity index (χ0) is 41.9. The van der Waals surface area contributed by atoms with Crippen molar-refractivity contribution in [2.75, 3.05) is 26.4 Å². The molecule has 330 valence electrons. The van der Waals surface area contributed by atoms with Gasteiger partial charge in [-0.1, -0.05) is 152 Å². The first-order chi connectivity index (χ1) is 27.7. The number of rotatable bonds is 41. The number of hydrogen-bond acceptors (Lipinski definition) is 9. The smallest absolute Gasteiger partial charge is 0.462 e. The molecule has 0 radical (unpaired) electrons. The van der Waals surface area contributed by atoms with Gasteiger partial charge in [0.25, 0.3) is 0 Å². The molecule has 0 heterocycles. The third kappa shape index (κ3) is 41.6. The predicted molar refractivity (Wildman–Crippen MR) is 233 cm³/mol. The number of hydrogen-bond donors (Lipinski definition) is 3. The number of carbonyl (C=O) groups excluding carboxylic acids is 2. The molecule has 0 aliphatic heterocycles. The number of aliphatic hydroxyl groups is 2. The zero-order valence-corrected chi connectivity index (χ0v) is 36.7. The number of aliphatic hydroxyl groups excluding tert-OH is 2. The zero-order valence-electron chi connectivity index (χ0n) is 35.8. The molecule has 1 unspecified atom stereocenters. The summed E-state index contributed by atoms with van der Waals surface area (Å²) in [5.41, 5.74) is 0. The van der Waals surface area contributed by atoms with E-state index in [4.69, 9.17) is 19.1 Å². The molecule has 0 rings (SSSR count). The van der Waals surface area contributed by atoms with Crippen LogP contribution in [0.3, 0.4) is 0 Å². The Morgan fingerprint density at radius 3 is 1.47 bits per heavy atom. The van der Waals surface area contributed by atoms with Crippen LogP contribution in [-0.2, 0) is 32.7 Å². The van der Waals surface area contributed by atoms with E-state index in [1.807, 2.05) is 0 Å². The maximum absolute atomic E-state index is 12.6. The van der Waals surface area contributed by atoms with Crippen molar-refractivity contribution in [3.05, 3.63) is 60.8 Å². The molecule has 11 heteroatoms. The summed E-state index contributed by atoms with van der Waals surface area (Å²) in [4.78, 5) is 35.0. The van der Waals surface area contributed by atoms with Gasteiger partial charge in [0.2, 0.25) is 0 Å². The quantitative estimate of drug-likeness (QED) is 0.0235. The summed E-state index contributed by atoms with van der Waals surface area (Å²) in [5, 5.41) is 18.3. The first-order valence-electron chi connectivity index (χ1n) is 22.2. The van der Waals surface area contributed by atoms with Gasteiger partial charge in [-0.25, -0.2) is 4.57 Å². The Kier molecular flexibility index (Phi) is 40.1. The molecule has 0 aliphatic rings. The van der Waals surface area contributed by atoms with Gasteiger partial charge in [0.1, 0.15) is 12.7 Å². The van der Waals surface area contributed by atoms with Crippen LogP contribution in [-0.4, -0.2) is 65.7 Å². The van der Waals surface area contributed by atoms with E-state index in [1.165, 1.54) is 70.6 Å². The molecule has 0 spiro atoms. The Bertz CT molecular complexity index is 1130. The minimum atomic E-state index is -4.63. The molecule has 0 saturated heterocycles. The lowest BCUT2D eigenvalue weighted by Gasteiger charge is -2.20. The van der Waals surface area contributed by atoms with Crippen LogP contribution in [0, 0.1) is 0 Å². The van der Waals surface area contributed by atoms with Crippen LogP contribution >= 0.6 is 7.82 Å². The van der Waals surface area contributed by atoms with Gasteiger partial charge in [-0.15, -0.1) is 0 Å². The lowest BCUT2D eigenvalue weighted by Crippen LogP contribution is -2.29. The Labute approximate surface area is 346 Å². The van der Waals surface area contributed by atoms with Crippen LogP contribution in [0.5, 0.6) is 0 Å². The third-order valence-electron chi connectivity index (χ3n) is 9.13. The van der Waals surface area contributed by atoms with Gasteiger partial charge in [-0.3, -0.25) is 18.6 Å². The summed E-state index contributed by atoms with van der Waals surface area (Å²) in [6.07, 6.45) is 46.1. The summed E-state index contributed by atoms with van der Waals surface area (Å²) in [5.74, 6) is -0.968. The van der Waals surface area contributed by atoms with Gasteiger partial charge in [-0.05, 0) is 77.0 Å². The lowest BCUT2D eigenvalue weighted by molar-refractivity contribution is -0.161.